The molecule has 2 bridgehead atoms. The van der Waals surface area contributed by atoms with Crippen LogP contribution in [0.15, 0.2) is 23.8 Å². The van der Waals surface area contributed by atoms with Crippen LogP contribution in [0.25, 0.3) is 0 Å². The molecule has 0 aromatic carbocycles. The van der Waals surface area contributed by atoms with Crippen molar-refractivity contribution in [2.24, 2.45) is 23.5 Å². The monoisotopic (exact) mass is 511 g/mol. The van der Waals surface area contributed by atoms with Gasteiger partial charge in [-0.15, -0.1) is 0 Å². The zero-order valence-electron chi connectivity index (χ0n) is 22.3. The minimum atomic E-state index is -1.93. The van der Waals surface area contributed by atoms with Crippen LogP contribution in [0.4, 0.5) is 4.79 Å². The van der Waals surface area contributed by atoms with Crippen LogP contribution in [0.2, 0.25) is 0 Å². The fourth-order valence-electron chi connectivity index (χ4n) is 5.17. The summed E-state index contributed by atoms with van der Waals surface area (Å²) in [4.78, 5) is 24.5. The third kappa shape index (κ3) is 9.50. The summed E-state index contributed by atoms with van der Waals surface area (Å²) in [5.41, 5.74) is 6.03. The smallest absolute Gasteiger partial charge is 0.404 e. The largest absolute Gasteiger partial charge is 0.462 e. The number of esters is 1. The molecule has 0 radical (unpaired) electrons. The average Bonchev–Trinajstić information content (AvgIpc) is 2.73. The molecule has 2 rings (SSSR count). The number of rotatable bonds is 6. The fourth-order valence-corrected chi connectivity index (χ4v) is 5.17. The number of aliphatic hydroxyl groups excluding tert-OH is 2. The molecule has 0 saturated carbocycles. The van der Waals surface area contributed by atoms with Crippen molar-refractivity contribution < 1.29 is 39.1 Å². The van der Waals surface area contributed by atoms with Gasteiger partial charge in [-0.2, -0.15) is 0 Å². The molecule has 0 aromatic heterocycles. The van der Waals surface area contributed by atoms with Gasteiger partial charge >= 0.3 is 12.1 Å². The molecule has 36 heavy (non-hydrogen) atoms. The number of amides is 1. The molecular weight excluding hydrogens is 466 g/mol. The van der Waals surface area contributed by atoms with Gasteiger partial charge in [0.05, 0.1) is 24.7 Å². The lowest BCUT2D eigenvalue weighted by molar-refractivity contribution is -0.279. The minimum Gasteiger partial charge on any atom is -0.462 e. The number of aliphatic hydroxyl groups is 3. The van der Waals surface area contributed by atoms with Crippen LogP contribution >= 0.6 is 0 Å². The maximum atomic E-state index is 13.0. The fraction of sp³-hybridized carbons (Fsp3) is 0.778. The summed E-state index contributed by atoms with van der Waals surface area (Å²) < 4.78 is 17.0. The van der Waals surface area contributed by atoms with Gasteiger partial charge in [0.1, 0.15) is 12.2 Å². The van der Waals surface area contributed by atoms with Gasteiger partial charge in [0.2, 0.25) is 0 Å². The predicted octanol–water partition coefficient (Wildman–Crippen LogP) is 3.35. The van der Waals surface area contributed by atoms with Gasteiger partial charge in [0.15, 0.2) is 5.79 Å². The maximum absolute atomic E-state index is 13.0. The molecule has 2 aliphatic heterocycles. The van der Waals surface area contributed by atoms with Crippen molar-refractivity contribution in [3.63, 3.8) is 0 Å². The first-order chi connectivity index (χ1) is 16.8. The van der Waals surface area contributed by atoms with E-state index < -0.39 is 54.8 Å². The highest BCUT2D eigenvalue weighted by Gasteiger charge is 2.47. The molecule has 9 nitrogen and oxygen atoms in total. The molecule has 5 N–H and O–H groups in total. The lowest BCUT2D eigenvalue weighted by Crippen LogP contribution is -2.53. The third-order valence-corrected chi connectivity index (χ3v) is 7.24. The number of cyclic esters (lactones) is 1. The highest BCUT2D eigenvalue weighted by atomic mass is 16.6. The molecule has 0 aromatic rings. The van der Waals surface area contributed by atoms with E-state index >= 15 is 0 Å². The molecule has 9 heteroatoms. The van der Waals surface area contributed by atoms with Gasteiger partial charge in [-0.05, 0) is 51.4 Å². The van der Waals surface area contributed by atoms with Crippen LogP contribution in [-0.2, 0) is 19.0 Å². The number of carbonyl (C=O) groups is 2. The van der Waals surface area contributed by atoms with E-state index in [1.807, 2.05) is 26.8 Å². The van der Waals surface area contributed by atoms with Gasteiger partial charge in [-0.1, -0.05) is 44.6 Å². The number of fused-ring (bicyclic) bond motifs is 2. The van der Waals surface area contributed by atoms with Gasteiger partial charge in [-0.25, -0.2) is 4.79 Å². The predicted molar refractivity (Wildman–Crippen MR) is 135 cm³/mol. The van der Waals surface area contributed by atoms with Gasteiger partial charge < -0.3 is 35.3 Å². The number of hydrogen-bond acceptors (Lipinski definition) is 8. The average molecular weight is 512 g/mol. The number of primary amides is 1. The molecule has 1 amide bonds. The van der Waals surface area contributed by atoms with Crippen LogP contribution in [0.1, 0.15) is 79.6 Å². The molecule has 0 spiro atoms. The number of carbonyl (C=O) groups excluding carboxylic acids is 2. The first-order valence-electron chi connectivity index (χ1n) is 13.0. The summed E-state index contributed by atoms with van der Waals surface area (Å²) in [6.45, 7) is 9.68. The molecule has 0 aliphatic carbocycles. The number of hydrogen-bond donors (Lipinski definition) is 4. The molecule has 1 fully saturated rings. The van der Waals surface area contributed by atoms with Crippen molar-refractivity contribution in [2.45, 2.75) is 116 Å². The molecule has 206 valence electrons. The molecule has 2 aliphatic rings. The highest BCUT2D eigenvalue weighted by Crippen LogP contribution is 2.37. The summed E-state index contributed by atoms with van der Waals surface area (Å²) >= 11 is 0. The summed E-state index contributed by atoms with van der Waals surface area (Å²) in [6.07, 6.45) is 2.85. The van der Waals surface area contributed by atoms with E-state index in [0.29, 0.717) is 12.3 Å². The van der Waals surface area contributed by atoms with Crippen molar-refractivity contribution in [1.82, 2.24) is 0 Å². The van der Waals surface area contributed by atoms with Crippen LogP contribution in [0.3, 0.4) is 0 Å². The Bertz CT molecular complexity index is 799. The van der Waals surface area contributed by atoms with Crippen molar-refractivity contribution in [1.29, 1.82) is 0 Å². The van der Waals surface area contributed by atoms with Crippen LogP contribution < -0.4 is 5.73 Å². The van der Waals surface area contributed by atoms with Crippen LogP contribution in [0.5, 0.6) is 0 Å². The highest BCUT2D eigenvalue weighted by molar-refractivity contribution is 5.70. The second-order valence-electron chi connectivity index (χ2n) is 10.8. The Labute approximate surface area is 214 Å². The van der Waals surface area contributed by atoms with Gasteiger partial charge in [-0.3, -0.25) is 4.79 Å². The van der Waals surface area contributed by atoms with E-state index in [0.717, 1.165) is 18.4 Å². The molecular formula is C27H45NO8. The summed E-state index contributed by atoms with van der Waals surface area (Å²) in [7, 11) is 0. The SMILES string of the molecule is C/C=C/C(C)CCC(C)[C@@H]1C[C@H](O)C[C@@H](O)C/C(C)=C\[C@H]2O[C@@](O)(CC(=O)O1)C[C@@H](OC(N)=O)[C@H]2C. The van der Waals surface area contributed by atoms with Crippen LogP contribution in [-0.4, -0.2) is 63.7 Å². The second kappa shape index (κ2) is 13.6. The summed E-state index contributed by atoms with van der Waals surface area (Å²) in [6, 6.07) is 0. The number of ether oxygens (including phenoxy) is 3. The zero-order chi connectivity index (χ0) is 27.0. The quantitative estimate of drug-likeness (QED) is 0.313. The number of allylic oxidation sites excluding steroid dienone is 2. The molecule has 2 heterocycles. The summed E-state index contributed by atoms with van der Waals surface area (Å²) in [5, 5.41) is 32.5. The van der Waals surface area contributed by atoms with E-state index in [1.165, 1.54) is 0 Å². The second-order valence-corrected chi connectivity index (χ2v) is 10.8. The standard InChI is InChI=1S/C27H45NO8/c1-6-7-16(2)8-9-18(4)22-13-21(30)12-20(29)10-17(3)11-23-19(5)24(35-26(28)32)14-27(33,36-23)15-25(31)34-22/h6-7,11,16,18-24,29-30,33H,8-10,12-15H2,1-5H3,(H2,28,32)/b7-6+,17-11-/t16?,18?,19-,20-,21+,22-,23+,24+,27+/m0/s1. The van der Waals surface area contributed by atoms with E-state index in [1.54, 1.807) is 13.0 Å². The number of nitrogens with two attached hydrogens (primary N) is 1. The van der Waals surface area contributed by atoms with E-state index in [9.17, 15) is 24.9 Å². The molecule has 1 saturated heterocycles. The Balaban J connectivity index is 2.30. The van der Waals surface area contributed by atoms with Crippen molar-refractivity contribution in [2.75, 3.05) is 0 Å². The third-order valence-electron chi connectivity index (χ3n) is 7.24. The minimum absolute atomic E-state index is 0.0522. The Morgan fingerprint density at radius 2 is 1.97 bits per heavy atom. The Morgan fingerprint density at radius 1 is 1.28 bits per heavy atom. The topological polar surface area (TPSA) is 149 Å². The first-order valence-corrected chi connectivity index (χ1v) is 13.0. The Hall–Kier alpha value is -1.94. The van der Waals surface area contributed by atoms with Crippen molar-refractivity contribution in [3.05, 3.63) is 23.8 Å². The van der Waals surface area contributed by atoms with Gasteiger partial charge in [0.25, 0.3) is 0 Å². The van der Waals surface area contributed by atoms with E-state index in [4.69, 9.17) is 19.9 Å². The van der Waals surface area contributed by atoms with E-state index in [2.05, 4.69) is 13.0 Å². The normalized spacial score (nSPS) is 37.8. The maximum Gasteiger partial charge on any atom is 0.404 e. The Kier molecular flexibility index (Phi) is 11.4. The molecule has 2 unspecified atom stereocenters. The Morgan fingerprint density at radius 3 is 2.61 bits per heavy atom. The van der Waals surface area contributed by atoms with Gasteiger partial charge in [0, 0.05) is 18.8 Å². The van der Waals surface area contributed by atoms with Crippen molar-refractivity contribution >= 4 is 12.1 Å². The first kappa shape index (κ1) is 30.3. The van der Waals surface area contributed by atoms with Crippen molar-refractivity contribution in [3.8, 4) is 0 Å². The van der Waals surface area contributed by atoms with Crippen LogP contribution in [0, 0.1) is 17.8 Å². The van der Waals surface area contributed by atoms with E-state index in [-0.39, 0.29) is 31.1 Å². The zero-order valence-corrected chi connectivity index (χ0v) is 22.3. The lowest BCUT2D eigenvalue weighted by atomic mass is 9.85. The summed E-state index contributed by atoms with van der Waals surface area (Å²) in [5.74, 6) is -2.64. The lowest BCUT2D eigenvalue weighted by Gasteiger charge is -2.43. The molecule has 9 atom stereocenters.